The van der Waals surface area contributed by atoms with Crippen molar-refractivity contribution in [3.8, 4) is 17.2 Å². The lowest BCUT2D eigenvalue weighted by atomic mass is 10.2. The van der Waals surface area contributed by atoms with Crippen molar-refractivity contribution >= 4 is 17.6 Å². The minimum Gasteiger partial charge on any atom is -0.508 e. The standard InChI is InChI=1S/C21H28N4O4/c1-4-22-21(25-16-8-11-18(28-3)19(14-16)29-5-2)24-13-12-23-20(27)15-6-9-17(26)10-7-15/h6-11,14,26H,4-5,12-13H2,1-3H3,(H,23,27)(H2,22,24,25). The van der Waals surface area contributed by atoms with Gasteiger partial charge in [-0.25, -0.2) is 0 Å². The van der Waals surface area contributed by atoms with Crippen molar-refractivity contribution in [2.75, 3.05) is 38.7 Å². The van der Waals surface area contributed by atoms with Crippen molar-refractivity contribution in [2.45, 2.75) is 13.8 Å². The number of guanidine groups is 1. The van der Waals surface area contributed by atoms with Crippen molar-refractivity contribution in [1.29, 1.82) is 0 Å². The van der Waals surface area contributed by atoms with Crippen LogP contribution in [0.1, 0.15) is 24.2 Å². The highest BCUT2D eigenvalue weighted by atomic mass is 16.5. The van der Waals surface area contributed by atoms with Gasteiger partial charge in [-0.05, 0) is 50.2 Å². The largest absolute Gasteiger partial charge is 0.508 e. The predicted octanol–water partition coefficient (Wildman–Crippen LogP) is 2.61. The minimum atomic E-state index is -0.213. The van der Waals surface area contributed by atoms with Gasteiger partial charge in [-0.2, -0.15) is 0 Å². The maximum atomic E-state index is 12.1. The Kier molecular flexibility index (Phi) is 8.62. The van der Waals surface area contributed by atoms with Gasteiger partial charge in [-0.15, -0.1) is 0 Å². The van der Waals surface area contributed by atoms with E-state index in [0.29, 0.717) is 49.3 Å². The van der Waals surface area contributed by atoms with Crippen LogP contribution in [0.5, 0.6) is 17.2 Å². The molecule has 156 valence electrons. The van der Waals surface area contributed by atoms with E-state index in [1.165, 1.54) is 12.1 Å². The zero-order chi connectivity index (χ0) is 21.1. The highest BCUT2D eigenvalue weighted by Gasteiger charge is 2.07. The Morgan fingerprint density at radius 2 is 1.83 bits per heavy atom. The third kappa shape index (κ3) is 6.91. The lowest BCUT2D eigenvalue weighted by Crippen LogP contribution is -2.32. The first kappa shape index (κ1) is 21.9. The van der Waals surface area contributed by atoms with Gasteiger partial charge in [0.25, 0.3) is 5.91 Å². The summed E-state index contributed by atoms with van der Waals surface area (Å²) in [7, 11) is 1.60. The molecule has 0 aliphatic heterocycles. The van der Waals surface area contributed by atoms with E-state index in [9.17, 15) is 9.90 Å². The number of phenols is 1. The molecule has 0 unspecified atom stereocenters. The predicted molar refractivity (Wildman–Crippen MR) is 114 cm³/mol. The van der Waals surface area contributed by atoms with Gasteiger partial charge >= 0.3 is 0 Å². The summed E-state index contributed by atoms with van der Waals surface area (Å²) in [5.74, 6) is 1.82. The number of hydrogen-bond acceptors (Lipinski definition) is 5. The summed E-state index contributed by atoms with van der Waals surface area (Å²) in [6.45, 7) is 5.90. The van der Waals surface area contributed by atoms with Crippen molar-refractivity contribution < 1.29 is 19.4 Å². The smallest absolute Gasteiger partial charge is 0.251 e. The molecule has 0 spiro atoms. The van der Waals surface area contributed by atoms with E-state index >= 15 is 0 Å². The van der Waals surface area contributed by atoms with Gasteiger partial charge in [0, 0.05) is 30.4 Å². The first-order valence-electron chi connectivity index (χ1n) is 9.50. The summed E-state index contributed by atoms with van der Waals surface area (Å²) < 4.78 is 10.9. The van der Waals surface area contributed by atoms with Crippen LogP contribution in [-0.4, -0.2) is 50.3 Å². The van der Waals surface area contributed by atoms with E-state index in [-0.39, 0.29) is 11.7 Å². The fourth-order valence-corrected chi connectivity index (χ4v) is 2.52. The number of aromatic hydroxyl groups is 1. The number of carbonyl (C=O) groups is 1. The molecule has 0 heterocycles. The Morgan fingerprint density at radius 1 is 1.07 bits per heavy atom. The van der Waals surface area contributed by atoms with Crippen molar-refractivity contribution in [1.82, 2.24) is 10.6 Å². The molecular weight excluding hydrogens is 372 g/mol. The van der Waals surface area contributed by atoms with Crippen molar-refractivity contribution in [3.63, 3.8) is 0 Å². The third-order valence-corrected chi connectivity index (χ3v) is 3.87. The Balaban J connectivity index is 1.94. The number of amides is 1. The maximum absolute atomic E-state index is 12.1. The van der Waals surface area contributed by atoms with Gasteiger partial charge in [-0.1, -0.05) is 0 Å². The average molecular weight is 400 g/mol. The molecule has 29 heavy (non-hydrogen) atoms. The van der Waals surface area contributed by atoms with E-state index in [1.807, 2.05) is 32.0 Å². The fourth-order valence-electron chi connectivity index (χ4n) is 2.52. The molecule has 0 aliphatic rings. The molecule has 0 atom stereocenters. The lowest BCUT2D eigenvalue weighted by Gasteiger charge is -2.14. The van der Waals surface area contributed by atoms with Crippen LogP contribution in [-0.2, 0) is 0 Å². The number of ether oxygens (including phenoxy) is 2. The van der Waals surface area contributed by atoms with Gasteiger partial charge in [0.15, 0.2) is 17.5 Å². The topological polar surface area (TPSA) is 104 Å². The number of benzene rings is 2. The molecule has 8 nitrogen and oxygen atoms in total. The molecule has 2 aromatic rings. The van der Waals surface area contributed by atoms with Gasteiger partial charge < -0.3 is 30.5 Å². The lowest BCUT2D eigenvalue weighted by molar-refractivity contribution is 0.0955. The first-order chi connectivity index (χ1) is 14.1. The Morgan fingerprint density at radius 3 is 2.48 bits per heavy atom. The van der Waals surface area contributed by atoms with E-state index in [4.69, 9.17) is 9.47 Å². The van der Waals surface area contributed by atoms with Crippen LogP contribution in [0, 0.1) is 0 Å². The van der Waals surface area contributed by atoms with Crippen LogP contribution in [0.4, 0.5) is 5.69 Å². The van der Waals surface area contributed by atoms with Gasteiger partial charge in [0.05, 0.1) is 20.3 Å². The minimum absolute atomic E-state index is 0.124. The number of carbonyl (C=O) groups excluding carboxylic acids is 1. The summed E-state index contributed by atoms with van der Waals surface area (Å²) in [6, 6.07) is 11.6. The molecular formula is C21H28N4O4. The van der Waals surface area contributed by atoms with Crippen LogP contribution in [0.25, 0.3) is 0 Å². The Bertz CT molecular complexity index is 822. The fraction of sp³-hybridized carbons (Fsp3) is 0.333. The molecule has 2 rings (SSSR count). The SMILES string of the molecule is CCNC(=NCCNC(=O)c1ccc(O)cc1)Nc1ccc(OC)c(OCC)c1. The normalized spacial score (nSPS) is 10.9. The van der Waals surface area contributed by atoms with E-state index < -0.39 is 0 Å². The molecule has 0 radical (unpaired) electrons. The third-order valence-electron chi connectivity index (χ3n) is 3.87. The van der Waals surface area contributed by atoms with Gasteiger partial charge in [0.2, 0.25) is 0 Å². The second-order valence-electron chi connectivity index (χ2n) is 5.99. The van der Waals surface area contributed by atoms with Crippen molar-refractivity contribution in [2.24, 2.45) is 4.99 Å². The monoisotopic (exact) mass is 400 g/mol. The summed E-state index contributed by atoms with van der Waals surface area (Å²) >= 11 is 0. The van der Waals surface area contributed by atoms with Crippen LogP contribution in [0.3, 0.4) is 0 Å². The summed E-state index contributed by atoms with van der Waals surface area (Å²) in [6.07, 6.45) is 0. The van der Waals surface area contributed by atoms with E-state index in [1.54, 1.807) is 19.2 Å². The molecule has 0 saturated heterocycles. The van der Waals surface area contributed by atoms with Crippen LogP contribution < -0.4 is 25.4 Å². The molecule has 1 amide bonds. The quantitative estimate of drug-likeness (QED) is 0.293. The van der Waals surface area contributed by atoms with Crippen molar-refractivity contribution in [3.05, 3.63) is 48.0 Å². The van der Waals surface area contributed by atoms with E-state index in [2.05, 4.69) is 20.9 Å². The van der Waals surface area contributed by atoms with Crippen LogP contribution in [0.15, 0.2) is 47.5 Å². The zero-order valence-electron chi connectivity index (χ0n) is 17.0. The number of nitrogens with one attached hydrogen (secondary N) is 3. The number of aliphatic imine (C=N–C) groups is 1. The Hall–Kier alpha value is -3.42. The zero-order valence-corrected chi connectivity index (χ0v) is 17.0. The number of methoxy groups -OCH3 is 1. The molecule has 8 heteroatoms. The second-order valence-corrected chi connectivity index (χ2v) is 5.99. The summed E-state index contributed by atoms with van der Waals surface area (Å²) in [5.41, 5.74) is 1.29. The first-order valence-corrected chi connectivity index (χ1v) is 9.50. The summed E-state index contributed by atoms with van der Waals surface area (Å²) in [5, 5.41) is 18.5. The second kappa shape index (κ2) is 11.4. The van der Waals surface area contributed by atoms with Gasteiger partial charge in [-0.3, -0.25) is 9.79 Å². The number of nitrogens with zero attached hydrogens (tertiary/aromatic N) is 1. The molecule has 0 saturated carbocycles. The maximum Gasteiger partial charge on any atom is 0.251 e. The Labute approximate surface area is 171 Å². The average Bonchev–Trinajstić information content (AvgIpc) is 2.72. The molecule has 0 fully saturated rings. The number of rotatable bonds is 9. The number of phenolic OH excluding ortho intramolecular Hbond substituents is 1. The van der Waals surface area contributed by atoms with Gasteiger partial charge in [0.1, 0.15) is 5.75 Å². The van der Waals surface area contributed by atoms with Crippen LogP contribution >= 0.6 is 0 Å². The number of hydrogen-bond donors (Lipinski definition) is 4. The molecule has 4 N–H and O–H groups in total. The van der Waals surface area contributed by atoms with E-state index in [0.717, 1.165) is 5.69 Å². The van der Waals surface area contributed by atoms with Crippen LogP contribution in [0.2, 0.25) is 0 Å². The summed E-state index contributed by atoms with van der Waals surface area (Å²) in [4.78, 5) is 16.6. The highest BCUT2D eigenvalue weighted by molar-refractivity contribution is 5.95. The molecule has 0 aliphatic carbocycles. The highest BCUT2D eigenvalue weighted by Crippen LogP contribution is 2.30. The molecule has 0 aromatic heterocycles. The number of anilines is 1. The molecule has 2 aromatic carbocycles. The molecule has 0 bridgehead atoms.